The molecule has 0 heterocycles. The summed E-state index contributed by atoms with van der Waals surface area (Å²) in [6.45, 7) is 5.60. The molecule has 8 heteroatoms. The lowest BCUT2D eigenvalue weighted by Gasteiger charge is -2.34. The fourth-order valence-corrected chi connectivity index (χ4v) is 7.05. The van der Waals surface area contributed by atoms with E-state index in [1.54, 1.807) is 35.2 Å². The predicted octanol–water partition coefficient (Wildman–Crippen LogP) is 5.62. The monoisotopic (exact) mass is 575 g/mol. The minimum Gasteiger partial charge on any atom is -0.352 e. The molecule has 7 nitrogen and oxygen atoms in total. The average molecular weight is 576 g/mol. The highest BCUT2D eigenvalue weighted by atomic mass is 32.2. The number of hydrogen-bond acceptors (Lipinski definition) is 4. The van der Waals surface area contributed by atoms with Gasteiger partial charge in [0, 0.05) is 12.6 Å². The third kappa shape index (κ3) is 7.36. The molecule has 0 aromatic heterocycles. The summed E-state index contributed by atoms with van der Waals surface area (Å²) >= 11 is 0. The molecule has 0 bridgehead atoms. The molecule has 3 aromatic rings. The van der Waals surface area contributed by atoms with Crippen molar-refractivity contribution in [1.82, 2.24) is 10.2 Å². The molecule has 41 heavy (non-hydrogen) atoms. The fraction of sp³-hybridized carbons (Fsp3) is 0.394. The first kappa shape index (κ1) is 30.3. The van der Waals surface area contributed by atoms with Gasteiger partial charge in [0.05, 0.1) is 10.6 Å². The van der Waals surface area contributed by atoms with Gasteiger partial charge in [0.1, 0.15) is 12.6 Å². The number of rotatable bonds is 12. The van der Waals surface area contributed by atoms with Crippen LogP contribution in [0.15, 0.2) is 83.8 Å². The summed E-state index contributed by atoms with van der Waals surface area (Å²) < 4.78 is 29.3. The van der Waals surface area contributed by atoms with Gasteiger partial charge in [-0.3, -0.25) is 13.9 Å². The summed E-state index contributed by atoms with van der Waals surface area (Å²) in [7, 11) is -4.08. The van der Waals surface area contributed by atoms with Crippen LogP contribution in [0.25, 0.3) is 0 Å². The molecule has 2 amide bonds. The molecule has 1 fully saturated rings. The summed E-state index contributed by atoms with van der Waals surface area (Å²) in [5.41, 5.74) is 3.21. The Morgan fingerprint density at radius 2 is 1.61 bits per heavy atom. The zero-order chi connectivity index (χ0) is 29.4. The first-order chi connectivity index (χ1) is 19.7. The molecule has 0 radical (unpaired) electrons. The molecule has 0 unspecified atom stereocenters. The van der Waals surface area contributed by atoms with Crippen molar-refractivity contribution in [3.8, 4) is 0 Å². The van der Waals surface area contributed by atoms with Crippen LogP contribution in [0, 0.1) is 6.92 Å². The van der Waals surface area contributed by atoms with E-state index < -0.39 is 28.5 Å². The Morgan fingerprint density at radius 1 is 0.927 bits per heavy atom. The summed E-state index contributed by atoms with van der Waals surface area (Å²) in [6, 6.07) is 22.6. The largest absolute Gasteiger partial charge is 0.352 e. The highest BCUT2D eigenvalue weighted by molar-refractivity contribution is 7.92. The van der Waals surface area contributed by atoms with Crippen LogP contribution in [-0.2, 0) is 32.6 Å². The number of hydrogen-bond donors (Lipinski definition) is 1. The van der Waals surface area contributed by atoms with Crippen molar-refractivity contribution < 1.29 is 18.0 Å². The van der Waals surface area contributed by atoms with Crippen LogP contribution < -0.4 is 9.62 Å². The van der Waals surface area contributed by atoms with Crippen LogP contribution in [0.4, 0.5) is 5.69 Å². The number of benzene rings is 3. The van der Waals surface area contributed by atoms with Crippen molar-refractivity contribution >= 4 is 27.5 Å². The number of aryl methyl sites for hydroxylation is 2. The van der Waals surface area contributed by atoms with E-state index >= 15 is 0 Å². The predicted molar refractivity (Wildman–Crippen MR) is 163 cm³/mol. The van der Waals surface area contributed by atoms with Gasteiger partial charge in [0.25, 0.3) is 10.0 Å². The first-order valence-electron chi connectivity index (χ1n) is 14.6. The van der Waals surface area contributed by atoms with Gasteiger partial charge in [-0.1, -0.05) is 92.9 Å². The van der Waals surface area contributed by atoms with Crippen LogP contribution >= 0.6 is 0 Å². The number of nitrogens with one attached hydrogen (secondary N) is 1. The Hall–Kier alpha value is -3.65. The van der Waals surface area contributed by atoms with Gasteiger partial charge in [0.2, 0.25) is 11.8 Å². The van der Waals surface area contributed by atoms with Crippen molar-refractivity contribution in [3.63, 3.8) is 0 Å². The lowest BCUT2D eigenvalue weighted by molar-refractivity contribution is -0.140. The molecule has 218 valence electrons. The second-order valence-electron chi connectivity index (χ2n) is 10.7. The van der Waals surface area contributed by atoms with E-state index in [0.29, 0.717) is 18.5 Å². The summed E-state index contributed by atoms with van der Waals surface area (Å²) in [6.07, 6.45) is 5.04. The molecule has 0 spiro atoms. The molecule has 1 N–H and O–H groups in total. The number of carbonyl (C=O) groups is 2. The van der Waals surface area contributed by atoms with E-state index in [1.807, 2.05) is 57.2 Å². The Kier molecular flexibility index (Phi) is 10.2. The lowest BCUT2D eigenvalue weighted by Crippen LogP contribution is -2.53. The minimum absolute atomic E-state index is 0.106. The van der Waals surface area contributed by atoms with Crippen LogP contribution in [0.2, 0.25) is 0 Å². The van der Waals surface area contributed by atoms with Gasteiger partial charge < -0.3 is 10.2 Å². The second-order valence-corrected chi connectivity index (χ2v) is 12.6. The standard InChI is InChI=1S/C33H41N3O4S/c1-4-27-16-9-12-21-31(27)36(41(39,40)29-19-7-6-8-20-29)24-32(37)35(23-26-15-13-14-25(3)22-26)30(5-2)33(38)34-28-17-10-11-18-28/h6-9,12-16,19-22,28,30H,4-5,10-11,17-18,23-24H2,1-3H3,(H,34,38)/t30-/m0/s1. The number of para-hydroxylation sites is 1. The summed E-state index contributed by atoms with van der Waals surface area (Å²) in [5.74, 6) is -0.614. The third-order valence-electron chi connectivity index (χ3n) is 7.77. The highest BCUT2D eigenvalue weighted by Gasteiger charge is 2.35. The molecule has 0 saturated heterocycles. The highest BCUT2D eigenvalue weighted by Crippen LogP contribution is 2.28. The summed E-state index contributed by atoms with van der Waals surface area (Å²) in [5, 5.41) is 3.16. The number of sulfonamides is 1. The van der Waals surface area contributed by atoms with Crippen LogP contribution in [-0.4, -0.2) is 43.8 Å². The molecule has 1 atom stereocenters. The zero-order valence-corrected chi connectivity index (χ0v) is 25.1. The molecule has 4 rings (SSSR count). The topological polar surface area (TPSA) is 86.8 Å². The second kappa shape index (κ2) is 13.8. The van der Waals surface area contributed by atoms with Gasteiger partial charge in [-0.2, -0.15) is 0 Å². The first-order valence-corrected chi connectivity index (χ1v) is 16.0. The molecule has 1 aliphatic rings. The van der Waals surface area contributed by atoms with Gasteiger partial charge >= 0.3 is 0 Å². The van der Waals surface area contributed by atoms with E-state index in [4.69, 9.17) is 0 Å². The van der Waals surface area contributed by atoms with E-state index in [2.05, 4.69) is 5.32 Å². The Morgan fingerprint density at radius 3 is 2.27 bits per heavy atom. The Labute approximate surface area is 244 Å². The van der Waals surface area contributed by atoms with Crippen molar-refractivity contribution in [3.05, 3.63) is 95.6 Å². The quantitative estimate of drug-likeness (QED) is 0.304. The summed E-state index contributed by atoms with van der Waals surface area (Å²) in [4.78, 5) is 29.5. The minimum atomic E-state index is -4.08. The van der Waals surface area contributed by atoms with Gasteiger partial charge in [0.15, 0.2) is 0 Å². The Bertz CT molecular complexity index is 1440. The molecule has 1 aliphatic carbocycles. The van der Waals surface area contributed by atoms with E-state index in [0.717, 1.165) is 42.4 Å². The van der Waals surface area contributed by atoms with E-state index in [1.165, 1.54) is 16.4 Å². The maximum Gasteiger partial charge on any atom is 0.264 e. The van der Waals surface area contributed by atoms with Crippen molar-refractivity contribution in [1.29, 1.82) is 0 Å². The maximum absolute atomic E-state index is 14.3. The fourth-order valence-electron chi connectivity index (χ4n) is 5.58. The maximum atomic E-state index is 14.3. The third-order valence-corrected chi connectivity index (χ3v) is 9.55. The molecular weight excluding hydrogens is 534 g/mol. The average Bonchev–Trinajstić information content (AvgIpc) is 3.49. The Balaban J connectivity index is 1.73. The van der Waals surface area contributed by atoms with Gasteiger partial charge in [-0.05, 0) is 61.9 Å². The van der Waals surface area contributed by atoms with Gasteiger partial charge in [-0.25, -0.2) is 8.42 Å². The normalized spacial score (nSPS) is 14.4. The lowest BCUT2D eigenvalue weighted by atomic mass is 10.1. The smallest absolute Gasteiger partial charge is 0.264 e. The number of anilines is 1. The number of amides is 2. The van der Waals surface area contributed by atoms with Gasteiger partial charge in [-0.15, -0.1) is 0 Å². The van der Waals surface area contributed by atoms with Crippen molar-refractivity contribution in [2.24, 2.45) is 0 Å². The molecular formula is C33H41N3O4S. The van der Waals surface area contributed by atoms with Crippen molar-refractivity contribution in [2.45, 2.75) is 82.8 Å². The van der Waals surface area contributed by atoms with Crippen molar-refractivity contribution in [2.75, 3.05) is 10.8 Å². The molecule has 0 aliphatic heterocycles. The van der Waals surface area contributed by atoms with E-state index in [9.17, 15) is 18.0 Å². The SMILES string of the molecule is CCc1ccccc1N(CC(=O)N(Cc1cccc(C)c1)[C@@H](CC)C(=O)NC1CCCC1)S(=O)(=O)c1ccccc1. The number of nitrogens with zero attached hydrogens (tertiary/aromatic N) is 2. The molecule has 3 aromatic carbocycles. The number of carbonyl (C=O) groups excluding carboxylic acids is 2. The van der Waals surface area contributed by atoms with Crippen LogP contribution in [0.5, 0.6) is 0 Å². The zero-order valence-electron chi connectivity index (χ0n) is 24.3. The molecule has 1 saturated carbocycles. The van der Waals surface area contributed by atoms with E-state index in [-0.39, 0.29) is 23.4 Å². The van der Waals surface area contributed by atoms with Crippen LogP contribution in [0.3, 0.4) is 0 Å². The van der Waals surface area contributed by atoms with Crippen LogP contribution in [0.1, 0.15) is 62.6 Å².